The van der Waals surface area contributed by atoms with Gasteiger partial charge < -0.3 is 5.32 Å². The molecule has 0 saturated carbocycles. The van der Waals surface area contributed by atoms with Crippen molar-refractivity contribution in [1.29, 1.82) is 0 Å². The number of hydrogen-bond donors (Lipinski definition) is 1. The van der Waals surface area contributed by atoms with E-state index in [1.54, 1.807) is 0 Å². The van der Waals surface area contributed by atoms with Crippen molar-refractivity contribution in [3.63, 3.8) is 0 Å². The number of carbonyl (C=O) groups is 1. The molecule has 0 bridgehead atoms. The van der Waals surface area contributed by atoms with Crippen LogP contribution in [0.3, 0.4) is 0 Å². The van der Waals surface area contributed by atoms with E-state index in [-0.39, 0.29) is 11.8 Å². The van der Waals surface area contributed by atoms with Crippen molar-refractivity contribution in [2.75, 3.05) is 13.1 Å². The standard InChI is InChI=1S/C17H23N3O/c21-17(15-3-1-2-4-15)19-16-7-11-20(12-8-16)13-14-5-9-18-10-6-14/h1-2,5-6,9-10,15-16H,3-4,7-8,11-13H2,(H,19,21). The lowest BCUT2D eigenvalue weighted by Crippen LogP contribution is -2.45. The Hall–Kier alpha value is -1.68. The van der Waals surface area contributed by atoms with Gasteiger partial charge in [0.15, 0.2) is 0 Å². The molecule has 0 atom stereocenters. The van der Waals surface area contributed by atoms with Crippen LogP contribution in [0, 0.1) is 5.92 Å². The lowest BCUT2D eigenvalue weighted by atomic mass is 10.0. The summed E-state index contributed by atoms with van der Waals surface area (Å²) in [6.45, 7) is 3.09. The number of carbonyl (C=O) groups excluding carboxylic acids is 1. The first-order chi connectivity index (χ1) is 10.3. The van der Waals surface area contributed by atoms with Gasteiger partial charge in [0.05, 0.1) is 0 Å². The third-order valence-electron chi connectivity index (χ3n) is 4.47. The first-order valence-corrected chi connectivity index (χ1v) is 7.88. The molecule has 1 aliphatic heterocycles. The Labute approximate surface area is 126 Å². The Balaban J connectivity index is 1.41. The number of piperidine rings is 1. The predicted octanol–water partition coefficient (Wildman–Crippen LogP) is 2.13. The second kappa shape index (κ2) is 6.85. The zero-order chi connectivity index (χ0) is 14.5. The zero-order valence-electron chi connectivity index (χ0n) is 12.4. The maximum absolute atomic E-state index is 12.1. The van der Waals surface area contributed by atoms with Gasteiger partial charge in [-0.25, -0.2) is 0 Å². The van der Waals surface area contributed by atoms with Gasteiger partial charge in [0.1, 0.15) is 0 Å². The predicted molar refractivity (Wildman–Crippen MR) is 82.5 cm³/mol. The van der Waals surface area contributed by atoms with Gasteiger partial charge in [-0.05, 0) is 43.4 Å². The lowest BCUT2D eigenvalue weighted by Gasteiger charge is -2.32. The molecule has 1 fully saturated rings. The van der Waals surface area contributed by atoms with Crippen LogP contribution in [0.25, 0.3) is 0 Å². The number of hydrogen-bond acceptors (Lipinski definition) is 3. The maximum atomic E-state index is 12.1. The first-order valence-electron chi connectivity index (χ1n) is 7.88. The minimum absolute atomic E-state index is 0.180. The second-order valence-corrected chi connectivity index (χ2v) is 6.05. The molecular formula is C17H23N3O. The van der Waals surface area contributed by atoms with Crippen molar-refractivity contribution in [2.24, 2.45) is 5.92 Å². The SMILES string of the molecule is O=C(NC1CCN(Cc2ccncc2)CC1)C1CC=CC1. The topological polar surface area (TPSA) is 45.2 Å². The van der Waals surface area contributed by atoms with Crippen molar-refractivity contribution in [3.8, 4) is 0 Å². The minimum Gasteiger partial charge on any atom is -0.353 e. The van der Waals surface area contributed by atoms with Gasteiger partial charge in [-0.1, -0.05) is 12.2 Å². The number of amides is 1. The second-order valence-electron chi connectivity index (χ2n) is 6.05. The molecule has 112 valence electrons. The van der Waals surface area contributed by atoms with Gasteiger partial charge in [0, 0.05) is 44.0 Å². The summed E-state index contributed by atoms with van der Waals surface area (Å²) in [4.78, 5) is 18.6. The number of pyridine rings is 1. The third kappa shape index (κ3) is 3.91. The van der Waals surface area contributed by atoms with Gasteiger partial charge in [-0.3, -0.25) is 14.7 Å². The molecule has 21 heavy (non-hydrogen) atoms. The molecule has 0 aromatic carbocycles. The Morgan fingerprint density at radius 2 is 1.86 bits per heavy atom. The number of aromatic nitrogens is 1. The van der Waals surface area contributed by atoms with Crippen LogP contribution >= 0.6 is 0 Å². The summed E-state index contributed by atoms with van der Waals surface area (Å²) < 4.78 is 0. The first kappa shape index (κ1) is 14.3. The molecule has 0 unspecified atom stereocenters. The fraction of sp³-hybridized carbons (Fsp3) is 0.529. The summed E-state index contributed by atoms with van der Waals surface area (Å²) >= 11 is 0. The highest BCUT2D eigenvalue weighted by atomic mass is 16.1. The molecular weight excluding hydrogens is 262 g/mol. The van der Waals surface area contributed by atoms with Crippen molar-refractivity contribution < 1.29 is 4.79 Å². The lowest BCUT2D eigenvalue weighted by molar-refractivity contribution is -0.125. The summed E-state index contributed by atoms with van der Waals surface area (Å²) in [6.07, 6.45) is 11.8. The van der Waals surface area contributed by atoms with E-state index in [9.17, 15) is 4.79 Å². The summed E-state index contributed by atoms with van der Waals surface area (Å²) in [5.41, 5.74) is 1.31. The Bertz CT molecular complexity index is 484. The number of likely N-dealkylation sites (tertiary alicyclic amines) is 1. The summed E-state index contributed by atoms with van der Waals surface area (Å²) in [5.74, 6) is 0.424. The highest BCUT2D eigenvalue weighted by molar-refractivity contribution is 5.79. The van der Waals surface area contributed by atoms with Crippen LogP contribution in [-0.2, 0) is 11.3 Å². The Morgan fingerprint density at radius 3 is 2.52 bits per heavy atom. The largest absolute Gasteiger partial charge is 0.353 e. The zero-order valence-corrected chi connectivity index (χ0v) is 12.4. The van der Waals surface area contributed by atoms with Crippen molar-refractivity contribution >= 4 is 5.91 Å². The maximum Gasteiger partial charge on any atom is 0.223 e. The molecule has 1 saturated heterocycles. The molecule has 3 rings (SSSR count). The number of nitrogens with one attached hydrogen (secondary N) is 1. The average Bonchev–Trinajstić information content (AvgIpc) is 3.05. The van der Waals surface area contributed by atoms with Gasteiger partial charge in [-0.15, -0.1) is 0 Å². The van der Waals surface area contributed by atoms with Gasteiger partial charge in [-0.2, -0.15) is 0 Å². The summed E-state index contributed by atoms with van der Waals surface area (Å²) in [7, 11) is 0. The highest BCUT2D eigenvalue weighted by Crippen LogP contribution is 2.19. The van der Waals surface area contributed by atoms with Crippen LogP contribution in [0.15, 0.2) is 36.7 Å². The molecule has 2 heterocycles. The molecule has 4 heteroatoms. The number of nitrogens with zero attached hydrogens (tertiary/aromatic N) is 2. The molecule has 1 amide bonds. The van der Waals surface area contributed by atoms with E-state index >= 15 is 0 Å². The molecule has 1 aromatic rings. The van der Waals surface area contributed by atoms with Gasteiger partial charge in [0.25, 0.3) is 0 Å². The van der Waals surface area contributed by atoms with Crippen LogP contribution in [-0.4, -0.2) is 34.9 Å². The number of rotatable bonds is 4. The van der Waals surface area contributed by atoms with Gasteiger partial charge >= 0.3 is 0 Å². The fourth-order valence-corrected chi connectivity index (χ4v) is 3.13. The monoisotopic (exact) mass is 285 g/mol. The molecule has 0 radical (unpaired) electrons. The van der Waals surface area contributed by atoms with Crippen molar-refractivity contribution in [3.05, 3.63) is 42.2 Å². The van der Waals surface area contributed by atoms with E-state index < -0.39 is 0 Å². The Morgan fingerprint density at radius 1 is 1.19 bits per heavy atom. The molecule has 1 aromatic heterocycles. The normalized spacial score (nSPS) is 20.8. The van der Waals surface area contributed by atoms with Crippen LogP contribution in [0.2, 0.25) is 0 Å². The number of allylic oxidation sites excluding steroid dienone is 2. The molecule has 2 aliphatic rings. The van der Waals surface area contributed by atoms with E-state index in [0.29, 0.717) is 6.04 Å². The summed E-state index contributed by atoms with van der Waals surface area (Å²) in [5, 5.41) is 3.23. The van der Waals surface area contributed by atoms with Crippen LogP contribution in [0.4, 0.5) is 0 Å². The highest BCUT2D eigenvalue weighted by Gasteiger charge is 2.24. The van der Waals surface area contributed by atoms with E-state index in [2.05, 4.69) is 39.5 Å². The van der Waals surface area contributed by atoms with Crippen molar-refractivity contribution in [1.82, 2.24) is 15.2 Å². The summed E-state index contributed by atoms with van der Waals surface area (Å²) in [6, 6.07) is 4.49. The van der Waals surface area contributed by atoms with Crippen molar-refractivity contribution in [2.45, 2.75) is 38.3 Å². The third-order valence-corrected chi connectivity index (χ3v) is 4.47. The smallest absolute Gasteiger partial charge is 0.223 e. The van der Waals surface area contributed by atoms with Crippen LogP contribution < -0.4 is 5.32 Å². The molecule has 4 nitrogen and oxygen atoms in total. The van der Waals surface area contributed by atoms with E-state index in [4.69, 9.17) is 0 Å². The van der Waals surface area contributed by atoms with Crippen LogP contribution in [0.5, 0.6) is 0 Å². The van der Waals surface area contributed by atoms with Crippen LogP contribution in [0.1, 0.15) is 31.2 Å². The quantitative estimate of drug-likeness (QED) is 0.862. The minimum atomic E-state index is 0.180. The van der Waals surface area contributed by atoms with E-state index in [1.165, 1.54) is 5.56 Å². The average molecular weight is 285 g/mol. The fourth-order valence-electron chi connectivity index (χ4n) is 3.13. The molecule has 0 spiro atoms. The molecule has 1 N–H and O–H groups in total. The van der Waals surface area contributed by atoms with Gasteiger partial charge in [0.2, 0.25) is 5.91 Å². The van der Waals surface area contributed by atoms with E-state index in [1.807, 2.05) is 12.4 Å². The van der Waals surface area contributed by atoms with E-state index in [0.717, 1.165) is 45.3 Å². The Kier molecular flexibility index (Phi) is 4.65. The molecule has 1 aliphatic carbocycles.